The SMILES string of the molecule is C[C@]1(NC(=O)[C@H]2CC(=O)N(C3CCCC3)C2)CCS(=O)(=O)C1. The van der Waals surface area contributed by atoms with Crippen molar-refractivity contribution in [1.29, 1.82) is 0 Å². The van der Waals surface area contributed by atoms with Crippen LogP contribution in [0.15, 0.2) is 0 Å². The van der Waals surface area contributed by atoms with E-state index in [0.717, 1.165) is 25.7 Å². The fourth-order valence-corrected chi connectivity index (χ4v) is 6.08. The molecule has 0 radical (unpaired) electrons. The topological polar surface area (TPSA) is 83.6 Å². The zero-order valence-electron chi connectivity index (χ0n) is 13.0. The van der Waals surface area contributed by atoms with Crippen LogP contribution in [0.25, 0.3) is 0 Å². The molecule has 0 aromatic rings. The van der Waals surface area contributed by atoms with E-state index in [-0.39, 0.29) is 35.7 Å². The predicted octanol–water partition coefficient (Wildman–Crippen LogP) is 0.471. The normalized spacial score (nSPS) is 35.2. The number of rotatable bonds is 3. The lowest BCUT2D eigenvalue weighted by molar-refractivity contribution is -0.130. The van der Waals surface area contributed by atoms with E-state index >= 15 is 0 Å². The van der Waals surface area contributed by atoms with Gasteiger partial charge in [-0.25, -0.2) is 8.42 Å². The molecule has 0 unspecified atom stereocenters. The summed E-state index contributed by atoms with van der Waals surface area (Å²) in [7, 11) is -3.05. The number of hydrogen-bond donors (Lipinski definition) is 1. The van der Waals surface area contributed by atoms with Crippen LogP contribution in [0.1, 0.15) is 45.4 Å². The molecule has 124 valence electrons. The van der Waals surface area contributed by atoms with Crippen LogP contribution in [0.4, 0.5) is 0 Å². The molecule has 7 heteroatoms. The molecule has 1 aliphatic carbocycles. The quantitative estimate of drug-likeness (QED) is 0.816. The molecule has 6 nitrogen and oxygen atoms in total. The minimum Gasteiger partial charge on any atom is -0.350 e. The van der Waals surface area contributed by atoms with Crippen molar-refractivity contribution in [3.63, 3.8) is 0 Å². The van der Waals surface area contributed by atoms with Crippen molar-refractivity contribution in [3.8, 4) is 0 Å². The Balaban J connectivity index is 1.60. The van der Waals surface area contributed by atoms with Gasteiger partial charge in [-0.1, -0.05) is 12.8 Å². The summed E-state index contributed by atoms with van der Waals surface area (Å²) in [6, 6.07) is 0.299. The molecule has 2 amide bonds. The van der Waals surface area contributed by atoms with Crippen molar-refractivity contribution in [2.24, 2.45) is 5.92 Å². The van der Waals surface area contributed by atoms with Gasteiger partial charge in [0.25, 0.3) is 0 Å². The molecule has 0 aromatic heterocycles. The zero-order chi connectivity index (χ0) is 16.0. The van der Waals surface area contributed by atoms with Crippen molar-refractivity contribution in [3.05, 3.63) is 0 Å². The summed E-state index contributed by atoms with van der Waals surface area (Å²) >= 11 is 0. The summed E-state index contributed by atoms with van der Waals surface area (Å²) in [4.78, 5) is 26.5. The number of likely N-dealkylation sites (tertiary alicyclic amines) is 1. The first-order valence-corrected chi connectivity index (χ1v) is 9.92. The lowest BCUT2D eigenvalue weighted by Gasteiger charge is -2.27. The molecule has 3 rings (SSSR count). The third-order valence-electron chi connectivity index (χ3n) is 5.22. The van der Waals surface area contributed by atoms with E-state index in [2.05, 4.69) is 5.32 Å². The molecular weight excluding hydrogens is 304 g/mol. The Morgan fingerprint density at radius 3 is 2.59 bits per heavy atom. The fraction of sp³-hybridized carbons (Fsp3) is 0.867. The molecule has 22 heavy (non-hydrogen) atoms. The van der Waals surface area contributed by atoms with Gasteiger partial charge in [0.15, 0.2) is 9.84 Å². The highest BCUT2D eigenvalue weighted by Crippen LogP contribution is 2.30. The van der Waals surface area contributed by atoms with Gasteiger partial charge in [-0.3, -0.25) is 9.59 Å². The largest absolute Gasteiger partial charge is 0.350 e. The number of carbonyl (C=O) groups is 2. The Kier molecular flexibility index (Phi) is 3.95. The van der Waals surface area contributed by atoms with E-state index in [1.807, 2.05) is 4.90 Å². The molecule has 2 heterocycles. The minimum absolute atomic E-state index is 0.00124. The highest BCUT2D eigenvalue weighted by atomic mass is 32.2. The Hall–Kier alpha value is -1.11. The molecular formula is C15H24N2O4S. The molecule has 1 saturated carbocycles. The van der Waals surface area contributed by atoms with Crippen LogP contribution >= 0.6 is 0 Å². The average Bonchev–Trinajstić information content (AvgIpc) is 3.09. The molecule has 0 aromatic carbocycles. The van der Waals surface area contributed by atoms with Gasteiger partial charge in [0.1, 0.15) is 0 Å². The zero-order valence-corrected chi connectivity index (χ0v) is 13.8. The van der Waals surface area contributed by atoms with E-state index in [9.17, 15) is 18.0 Å². The maximum absolute atomic E-state index is 12.4. The highest BCUT2D eigenvalue weighted by Gasteiger charge is 2.43. The van der Waals surface area contributed by atoms with Crippen LogP contribution in [-0.4, -0.2) is 54.8 Å². The summed E-state index contributed by atoms with van der Waals surface area (Å²) in [5.74, 6) is -0.321. The Bertz CT molecular complexity index is 582. The molecule has 2 aliphatic heterocycles. The lowest BCUT2D eigenvalue weighted by Crippen LogP contribution is -2.49. The van der Waals surface area contributed by atoms with Crippen LogP contribution in [-0.2, 0) is 19.4 Å². The molecule has 1 N–H and O–H groups in total. The second kappa shape index (κ2) is 5.51. The number of sulfone groups is 1. The Morgan fingerprint density at radius 2 is 2.00 bits per heavy atom. The molecule has 2 atom stereocenters. The van der Waals surface area contributed by atoms with Gasteiger partial charge in [0.05, 0.1) is 23.0 Å². The Morgan fingerprint density at radius 1 is 1.32 bits per heavy atom. The number of carbonyl (C=O) groups excluding carboxylic acids is 2. The van der Waals surface area contributed by atoms with Crippen molar-refractivity contribution in [2.75, 3.05) is 18.1 Å². The van der Waals surface area contributed by atoms with Gasteiger partial charge in [-0.2, -0.15) is 0 Å². The predicted molar refractivity (Wildman–Crippen MR) is 81.9 cm³/mol. The van der Waals surface area contributed by atoms with E-state index in [4.69, 9.17) is 0 Å². The van der Waals surface area contributed by atoms with E-state index in [1.54, 1.807) is 6.92 Å². The summed E-state index contributed by atoms with van der Waals surface area (Å²) < 4.78 is 23.2. The second-order valence-corrected chi connectivity index (χ2v) is 9.46. The monoisotopic (exact) mass is 328 g/mol. The van der Waals surface area contributed by atoms with Crippen LogP contribution in [0.5, 0.6) is 0 Å². The van der Waals surface area contributed by atoms with Crippen LogP contribution in [0.3, 0.4) is 0 Å². The molecule has 3 fully saturated rings. The van der Waals surface area contributed by atoms with Crippen LogP contribution in [0, 0.1) is 5.92 Å². The van der Waals surface area contributed by atoms with Crippen molar-refractivity contribution in [1.82, 2.24) is 10.2 Å². The number of hydrogen-bond acceptors (Lipinski definition) is 4. The maximum atomic E-state index is 12.4. The molecule has 0 bridgehead atoms. The highest BCUT2D eigenvalue weighted by molar-refractivity contribution is 7.91. The van der Waals surface area contributed by atoms with Crippen molar-refractivity contribution in [2.45, 2.75) is 57.0 Å². The minimum atomic E-state index is -3.05. The van der Waals surface area contributed by atoms with E-state index in [1.165, 1.54) is 0 Å². The number of nitrogens with one attached hydrogen (secondary N) is 1. The van der Waals surface area contributed by atoms with Crippen LogP contribution in [0.2, 0.25) is 0 Å². The summed E-state index contributed by atoms with van der Waals surface area (Å²) in [5.41, 5.74) is -0.681. The van der Waals surface area contributed by atoms with Gasteiger partial charge >= 0.3 is 0 Å². The van der Waals surface area contributed by atoms with Gasteiger partial charge in [0.2, 0.25) is 11.8 Å². The van der Waals surface area contributed by atoms with Gasteiger partial charge in [-0.05, 0) is 26.2 Å². The van der Waals surface area contributed by atoms with E-state index in [0.29, 0.717) is 19.0 Å². The maximum Gasteiger partial charge on any atom is 0.225 e. The summed E-state index contributed by atoms with van der Waals surface area (Å²) in [6.07, 6.45) is 5.09. The lowest BCUT2D eigenvalue weighted by atomic mass is 9.99. The van der Waals surface area contributed by atoms with Crippen LogP contribution < -0.4 is 5.32 Å². The summed E-state index contributed by atoms with van der Waals surface area (Å²) in [6.45, 7) is 2.26. The second-order valence-electron chi connectivity index (χ2n) is 7.28. The van der Waals surface area contributed by atoms with E-state index < -0.39 is 15.4 Å². The fourth-order valence-electron chi connectivity index (χ4n) is 3.98. The average molecular weight is 328 g/mol. The molecule has 0 spiro atoms. The molecule has 2 saturated heterocycles. The Labute approximate surface area is 131 Å². The smallest absolute Gasteiger partial charge is 0.225 e. The number of amides is 2. The van der Waals surface area contributed by atoms with Gasteiger partial charge < -0.3 is 10.2 Å². The first kappa shape index (κ1) is 15.8. The third kappa shape index (κ3) is 3.14. The molecule has 3 aliphatic rings. The first-order chi connectivity index (χ1) is 10.3. The number of nitrogens with zero attached hydrogens (tertiary/aromatic N) is 1. The third-order valence-corrected chi connectivity index (χ3v) is 7.13. The summed E-state index contributed by atoms with van der Waals surface area (Å²) in [5, 5.41) is 2.89. The standard InChI is InChI=1S/C15H24N2O4S/c1-15(6-7-22(20,21)10-15)16-14(19)11-8-13(18)17(9-11)12-4-2-3-5-12/h11-12H,2-10H2,1H3,(H,16,19)/t11-,15-/m0/s1. The van der Waals surface area contributed by atoms with Gasteiger partial charge in [0, 0.05) is 19.0 Å². The van der Waals surface area contributed by atoms with Crippen molar-refractivity contribution >= 4 is 21.7 Å². The van der Waals surface area contributed by atoms with Crippen molar-refractivity contribution < 1.29 is 18.0 Å². The van der Waals surface area contributed by atoms with Gasteiger partial charge in [-0.15, -0.1) is 0 Å². The first-order valence-electron chi connectivity index (χ1n) is 8.10.